The maximum Gasteiger partial charge on any atom is 0.311 e. The lowest BCUT2D eigenvalue weighted by Gasteiger charge is -2.08. The lowest BCUT2D eigenvalue weighted by Crippen LogP contribution is -2.07. The van der Waals surface area contributed by atoms with Crippen molar-refractivity contribution in [2.75, 3.05) is 12.0 Å². The molecule has 3 rings (SSSR count). The molecule has 0 saturated heterocycles. The first kappa shape index (κ1) is 20.0. The molecule has 0 amide bonds. The predicted molar refractivity (Wildman–Crippen MR) is 114 cm³/mol. The fourth-order valence-electron chi connectivity index (χ4n) is 2.27. The summed E-state index contributed by atoms with van der Waals surface area (Å²) in [5.41, 5.74) is 4.35. The Balaban J connectivity index is 1.62. The van der Waals surface area contributed by atoms with Gasteiger partial charge in [-0.25, -0.2) is 4.98 Å². The third kappa shape index (κ3) is 5.90. The highest BCUT2D eigenvalue weighted by atomic mass is 79.9. The SMILES string of the molecule is CCOC(=O)Cc1csc(NN=Cc2ccccc2Oc2ccc(Br)cc2)n1. The minimum atomic E-state index is -0.290. The summed E-state index contributed by atoms with van der Waals surface area (Å²) >= 11 is 4.78. The van der Waals surface area contributed by atoms with E-state index in [0.29, 0.717) is 23.2 Å². The number of halogens is 1. The highest BCUT2D eigenvalue weighted by molar-refractivity contribution is 9.10. The van der Waals surface area contributed by atoms with E-state index in [1.807, 2.05) is 48.5 Å². The summed E-state index contributed by atoms with van der Waals surface area (Å²) in [4.78, 5) is 15.8. The average molecular weight is 460 g/mol. The lowest BCUT2D eigenvalue weighted by atomic mass is 10.2. The second-order valence-electron chi connectivity index (χ2n) is 5.59. The molecule has 0 atom stereocenters. The number of carbonyl (C=O) groups excluding carboxylic acids is 1. The Morgan fingerprint density at radius 1 is 1.25 bits per heavy atom. The Morgan fingerprint density at radius 2 is 2.04 bits per heavy atom. The van der Waals surface area contributed by atoms with Gasteiger partial charge >= 0.3 is 5.97 Å². The molecule has 0 spiro atoms. The molecule has 0 aliphatic carbocycles. The van der Waals surface area contributed by atoms with E-state index < -0.39 is 0 Å². The first-order chi connectivity index (χ1) is 13.6. The van der Waals surface area contributed by atoms with Crippen LogP contribution in [0.15, 0.2) is 63.5 Å². The Morgan fingerprint density at radius 3 is 2.82 bits per heavy atom. The van der Waals surface area contributed by atoms with Gasteiger partial charge in [-0.3, -0.25) is 10.2 Å². The standard InChI is InChI=1S/C20H18BrN3O3S/c1-2-26-19(25)11-16-13-28-20(23-16)24-22-12-14-5-3-4-6-18(14)27-17-9-7-15(21)8-10-17/h3-10,12-13H,2,11H2,1H3,(H,23,24). The Kier molecular flexibility index (Phi) is 7.16. The van der Waals surface area contributed by atoms with Crippen molar-refractivity contribution in [2.24, 2.45) is 5.10 Å². The van der Waals surface area contributed by atoms with E-state index in [9.17, 15) is 4.79 Å². The van der Waals surface area contributed by atoms with Crippen molar-refractivity contribution in [2.45, 2.75) is 13.3 Å². The lowest BCUT2D eigenvalue weighted by molar-refractivity contribution is -0.142. The summed E-state index contributed by atoms with van der Waals surface area (Å²) in [7, 11) is 0. The number of esters is 1. The molecule has 144 valence electrons. The summed E-state index contributed by atoms with van der Waals surface area (Å²) in [6, 6.07) is 15.2. The van der Waals surface area contributed by atoms with Crippen molar-refractivity contribution in [1.29, 1.82) is 0 Å². The first-order valence-electron chi connectivity index (χ1n) is 8.55. The zero-order valence-corrected chi connectivity index (χ0v) is 17.5. The number of nitrogens with one attached hydrogen (secondary N) is 1. The average Bonchev–Trinajstić information content (AvgIpc) is 3.12. The van der Waals surface area contributed by atoms with Crippen LogP contribution in [0.5, 0.6) is 11.5 Å². The monoisotopic (exact) mass is 459 g/mol. The van der Waals surface area contributed by atoms with Gasteiger partial charge in [-0.15, -0.1) is 11.3 Å². The molecule has 0 fully saturated rings. The van der Waals surface area contributed by atoms with E-state index in [0.717, 1.165) is 15.8 Å². The minimum absolute atomic E-state index is 0.152. The molecule has 0 saturated carbocycles. The summed E-state index contributed by atoms with van der Waals surface area (Å²) in [6.45, 7) is 2.14. The van der Waals surface area contributed by atoms with Crippen LogP contribution in [0.25, 0.3) is 0 Å². The van der Waals surface area contributed by atoms with E-state index in [2.05, 4.69) is 31.4 Å². The van der Waals surface area contributed by atoms with Gasteiger partial charge in [-0.1, -0.05) is 28.1 Å². The molecule has 2 aromatic carbocycles. The number of hydrogen-bond donors (Lipinski definition) is 1. The smallest absolute Gasteiger partial charge is 0.311 e. The third-order valence-electron chi connectivity index (χ3n) is 3.51. The van der Waals surface area contributed by atoms with Crippen LogP contribution in [-0.4, -0.2) is 23.8 Å². The van der Waals surface area contributed by atoms with Gasteiger partial charge in [-0.05, 0) is 43.3 Å². The molecular formula is C20H18BrN3O3S. The van der Waals surface area contributed by atoms with E-state index in [-0.39, 0.29) is 12.4 Å². The number of rotatable bonds is 8. The molecule has 0 bridgehead atoms. The molecule has 1 heterocycles. The molecule has 1 N–H and O–H groups in total. The largest absolute Gasteiger partial charge is 0.466 e. The quantitative estimate of drug-likeness (QED) is 0.283. The highest BCUT2D eigenvalue weighted by Crippen LogP contribution is 2.25. The van der Waals surface area contributed by atoms with Crippen molar-refractivity contribution < 1.29 is 14.3 Å². The zero-order chi connectivity index (χ0) is 19.8. The van der Waals surface area contributed by atoms with Gasteiger partial charge in [0.1, 0.15) is 11.5 Å². The maximum atomic E-state index is 11.5. The number of thiazole rings is 1. The Labute approximate surface area is 175 Å². The fourth-order valence-corrected chi connectivity index (χ4v) is 3.19. The van der Waals surface area contributed by atoms with Gasteiger partial charge in [0.05, 0.1) is 24.9 Å². The number of ether oxygens (including phenoxy) is 2. The summed E-state index contributed by atoms with van der Waals surface area (Å²) in [6.07, 6.45) is 1.82. The number of aromatic nitrogens is 1. The summed E-state index contributed by atoms with van der Waals surface area (Å²) in [5, 5.41) is 6.63. The Bertz CT molecular complexity index is 957. The molecule has 28 heavy (non-hydrogen) atoms. The number of anilines is 1. The van der Waals surface area contributed by atoms with Crippen molar-refractivity contribution in [3.05, 3.63) is 69.6 Å². The number of nitrogens with zero attached hydrogens (tertiary/aromatic N) is 2. The van der Waals surface area contributed by atoms with Crippen LogP contribution < -0.4 is 10.2 Å². The number of hydrazone groups is 1. The van der Waals surface area contributed by atoms with Crippen LogP contribution in [-0.2, 0) is 16.0 Å². The summed E-state index contributed by atoms with van der Waals surface area (Å²) < 4.78 is 11.8. The number of para-hydroxylation sites is 1. The fraction of sp³-hybridized carbons (Fsp3) is 0.150. The highest BCUT2D eigenvalue weighted by Gasteiger charge is 2.08. The van der Waals surface area contributed by atoms with Crippen LogP contribution in [0.1, 0.15) is 18.2 Å². The molecule has 0 aliphatic rings. The molecular weight excluding hydrogens is 442 g/mol. The van der Waals surface area contributed by atoms with Crippen LogP contribution >= 0.6 is 27.3 Å². The normalized spacial score (nSPS) is 10.8. The second kappa shape index (κ2) is 10.0. The molecule has 6 nitrogen and oxygen atoms in total. The summed E-state index contributed by atoms with van der Waals surface area (Å²) in [5.74, 6) is 1.14. The molecule has 8 heteroatoms. The van der Waals surface area contributed by atoms with Gasteiger partial charge in [0.25, 0.3) is 0 Å². The van der Waals surface area contributed by atoms with Gasteiger partial charge in [0.15, 0.2) is 0 Å². The molecule has 0 radical (unpaired) electrons. The van der Waals surface area contributed by atoms with Crippen molar-refractivity contribution in [3.8, 4) is 11.5 Å². The van der Waals surface area contributed by atoms with Crippen LogP contribution in [0.2, 0.25) is 0 Å². The van der Waals surface area contributed by atoms with E-state index in [4.69, 9.17) is 9.47 Å². The molecule has 1 aromatic heterocycles. The van der Waals surface area contributed by atoms with Gasteiger partial charge in [0, 0.05) is 15.4 Å². The maximum absolute atomic E-state index is 11.5. The van der Waals surface area contributed by atoms with Crippen molar-refractivity contribution >= 4 is 44.6 Å². The number of hydrogen-bond acceptors (Lipinski definition) is 7. The van der Waals surface area contributed by atoms with Crippen molar-refractivity contribution in [3.63, 3.8) is 0 Å². The number of benzene rings is 2. The van der Waals surface area contributed by atoms with Crippen LogP contribution in [0.3, 0.4) is 0 Å². The van der Waals surface area contributed by atoms with Gasteiger partial charge in [0.2, 0.25) is 5.13 Å². The van der Waals surface area contributed by atoms with Gasteiger partial charge in [-0.2, -0.15) is 5.10 Å². The van der Waals surface area contributed by atoms with Crippen molar-refractivity contribution in [1.82, 2.24) is 4.98 Å². The molecule has 0 unspecified atom stereocenters. The van der Waals surface area contributed by atoms with Gasteiger partial charge < -0.3 is 9.47 Å². The van der Waals surface area contributed by atoms with E-state index in [1.165, 1.54) is 11.3 Å². The topological polar surface area (TPSA) is 72.8 Å². The predicted octanol–water partition coefficient (Wildman–Crippen LogP) is 5.25. The second-order valence-corrected chi connectivity index (χ2v) is 7.36. The molecule has 0 aliphatic heterocycles. The third-order valence-corrected chi connectivity index (χ3v) is 4.83. The van der Waals surface area contributed by atoms with E-state index >= 15 is 0 Å². The van der Waals surface area contributed by atoms with Crippen LogP contribution in [0, 0.1) is 0 Å². The van der Waals surface area contributed by atoms with E-state index in [1.54, 1.807) is 18.5 Å². The number of carbonyl (C=O) groups is 1. The van der Waals surface area contributed by atoms with Crippen LogP contribution in [0.4, 0.5) is 5.13 Å². The first-order valence-corrected chi connectivity index (χ1v) is 10.2. The Hall–Kier alpha value is -2.71. The molecule has 3 aromatic rings. The minimum Gasteiger partial charge on any atom is -0.466 e. The zero-order valence-electron chi connectivity index (χ0n) is 15.1.